The van der Waals surface area contributed by atoms with Crippen molar-refractivity contribution in [1.29, 1.82) is 0 Å². The van der Waals surface area contributed by atoms with Gasteiger partial charge in [-0.05, 0) is 31.0 Å². The molecule has 0 unspecified atom stereocenters. The molecule has 1 aromatic carbocycles. The Labute approximate surface area is 170 Å². The summed E-state index contributed by atoms with van der Waals surface area (Å²) in [4.78, 5) is 37.7. The molecule has 0 saturated carbocycles. The number of carbonyl (C=O) groups excluding carboxylic acids is 2. The van der Waals surface area contributed by atoms with Crippen molar-refractivity contribution in [3.05, 3.63) is 53.1 Å². The smallest absolute Gasteiger partial charge is 0.254 e. The number of carbonyl (C=O) groups is 2. The van der Waals surface area contributed by atoms with Gasteiger partial charge in [0.1, 0.15) is 11.6 Å². The second kappa shape index (κ2) is 8.19. The Balaban J connectivity index is 1.49. The van der Waals surface area contributed by atoms with Crippen molar-refractivity contribution >= 4 is 11.8 Å². The molecule has 0 bridgehead atoms. The Morgan fingerprint density at radius 1 is 1.21 bits per heavy atom. The minimum Gasteiger partial charge on any atom is -0.497 e. The van der Waals surface area contributed by atoms with Crippen LogP contribution in [0.5, 0.6) is 5.75 Å². The monoisotopic (exact) mass is 394 g/mol. The van der Waals surface area contributed by atoms with Gasteiger partial charge in [0.15, 0.2) is 0 Å². The summed E-state index contributed by atoms with van der Waals surface area (Å²) in [6, 6.07) is 7.28. The van der Waals surface area contributed by atoms with Gasteiger partial charge in [0, 0.05) is 62.8 Å². The second-order valence-electron chi connectivity index (χ2n) is 7.71. The quantitative estimate of drug-likeness (QED) is 0.799. The average molecular weight is 394 g/mol. The lowest BCUT2D eigenvalue weighted by atomic mass is 9.95. The van der Waals surface area contributed by atoms with E-state index >= 15 is 0 Å². The van der Waals surface area contributed by atoms with Gasteiger partial charge >= 0.3 is 0 Å². The predicted octanol–water partition coefficient (Wildman–Crippen LogP) is 2.41. The highest BCUT2D eigenvalue weighted by atomic mass is 16.5. The topological polar surface area (TPSA) is 75.6 Å². The first-order valence-corrected chi connectivity index (χ1v) is 10.1. The van der Waals surface area contributed by atoms with Crippen LogP contribution in [0, 0.1) is 0 Å². The van der Waals surface area contributed by atoms with Gasteiger partial charge in [-0.3, -0.25) is 9.59 Å². The van der Waals surface area contributed by atoms with Gasteiger partial charge in [0.25, 0.3) is 5.91 Å². The number of ether oxygens (including phenoxy) is 1. The van der Waals surface area contributed by atoms with Gasteiger partial charge in [-0.1, -0.05) is 6.07 Å². The number of fused-ring (bicyclic) bond motifs is 1. The molecule has 7 nitrogen and oxygen atoms in total. The maximum absolute atomic E-state index is 13.0. The zero-order chi connectivity index (χ0) is 20.4. The summed E-state index contributed by atoms with van der Waals surface area (Å²) in [6.07, 6.45) is 4.51. The molecule has 2 aliphatic heterocycles. The molecule has 7 heteroatoms. The SMILES string of the molecule is COc1cccc(C(=O)N2CCC[C@H](c3ncc4c(n3)CCN(C(C)=O)C4)C2)c1. The Hall–Kier alpha value is -2.96. The fourth-order valence-corrected chi connectivity index (χ4v) is 4.11. The van der Waals surface area contributed by atoms with Crippen LogP contribution in [-0.2, 0) is 17.8 Å². The summed E-state index contributed by atoms with van der Waals surface area (Å²) in [5.74, 6) is 1.72. The second-order valence-corrected chi connectivity index (χ2v) is 7.71. The minimum atomic E-state index is 0.0173. The van der Waals surface area contributed by atoms with E-state index in [-0.39, 0.29) is 17.7 Å². The van der Waals surface area contributed by atoms with Gasteiger partial charge in [-0.2, -0.15) is 0 Å². The lowest BCUT2D eigenvalue weighted by Crippen LogP contribution is -2.40. The highest BCUT2D eigenvalue weighted by Gasteiger charge is 2.28. The zero-order valence-electron chi connectivity index (χ0n) is 16.9. The van der Waals surface area contributed by atoms with Crippen molar-refractivity contribution in [2.24, 2.45) is 0 Å². The normalized spacial score (nSPS) is 18.9. The van der Waals surface area contributed by atoms with Crippen molar-refractivity contribution in [2.75, 3.05) is 26.7 Å². The molecule has 0 spiro atoms. The molecule has 0 N–H and O–H groups in total. The standard InChI is InChI=1S/C22H26N4O3/c1-15(27)25-10-8-20-18(14-25)12-23-21(24-20)17-6-4-9-26(13-17)22(28)16-5-3-7-19(11-16)29-2/h3,5,7,11-12,17H,4,6,8-10,13-14H2,1-2H3/t17-/m0/s1. The van der Waals surface area contributed by atoms with Crippen molar-refractivity contribution in [2.45, 2.75) is 38.6 Å². The van der Waals surface area contributed by atoms with Crippen LogP contribution in [-0.4, -0.2) is 58.3 Å². The van der Waals surface area contributed by atoms with E-state index < -0.39 is 0 Å². The number of hydrogen-bond acceptors (Lipinski definition) is 5. The molecule has 3 heterocycles. The Kier molecular flexibility index (Phi) is 5.47. The van der Waals surface area contributed by atoms with Crippen LogP contribution in [0.3, 0.4) is 0 Å². The van der Waals surface area contributed by atoms with Gasteiger partial charge in [0.05, 0.1) is 12.8 Å². The van der Waals surface area contributed by atoms with Crippen LogP contribution in [0.2, 0.25) is 0 Å². The highest BCUT2D eigenvalue weighted by molar-refractivity contribution is 5.94. The number of nitrogens with zero attached hydrogens (tertiary/aromatic N) is 4. The third-order valence-electron chi connectivity index (χ3n) is 5.79. The molecule has 0 aliphatic carbocycles. The molecule has 1 atom stereocenters. The minimum absolute atomic E-state index is 0.0173. The summed E-state index contributed by atoms with van der Waals surface area (Å²) in [5, 5.41) is 0. The molecule has 1 fully saturated rings. The maximum atomic E-state index is 13.0. The van der Waals surface area contributed by atoms with Crippen molar-refractivity contribution in [1.82, 2.24) is 19.8 Å². The van der Waals surface area contributed by atoms with Crippen molar-refractivity contribution in [3.8, 4) is 5.75 Å². The maximum Gasteiger partial charge on any atom is 0.254 e. The van der Waals surface area contributed by atoms with E-state index in [2.05, 4.69) is 4.98 Å². The van der Waals surface area contributed by atoms with E-state index in [9.17, 15) is 9.59 Å². The van der Waals surface area contributed by atoms with Crippen LogP contribution in [0.15, 0.2) is 30.5 Å². The molecule has 1 saturated heterocycles. The molecule has 29 heavy (non-hydrogen) atoms. The fourth-order valence-electron chi connectivity index (χ4n) is 4.11. The number of amides is 2. The van der Waals surface area contributed by atoms with Crippen molar-refractivity contribution < 1.29 is 14.3 Å². The summed E-state index contributed by atoms with van der Waals surface area (Å²) >= 11 is 0. The number of rotatable bonds is 3. The molecule has 2 aliphatic rings. The fraction of sp³-hybridized carbons (Fsp3) is 0.455. The summed E-state index contributed by atoms with van der Waals surface area (Å²) < 4.78 is 5.24. The molecule has 2 amide bonds. The lowest BCUT2D eigenvalue weighted by Gasteiger charge is -2.33. The van der Waals surface area contributed by atoms with E-state index in [0.29, 0.717) is 30.9 Å². The largest absolute Gasteiger partial charge is 0.497 e. The molecule has 0 radical (unpaired) electrons. The third-order valence-corrected chi connectivity index (χ3v) is 5.79. The first-order chi connectivity index (χ1) is 14.0. The van der Waals surface area contributed by atoms with E-state index in [1.54, 1.807) is 20.1 Å². The predicted molar refractivity (Wildman–Crippen MR) is 108 cm³/mol. The number of piperidine rings is 1. The highest BCUT2D eigenvalue weighted by Crippen LogP contribution is 2.27. The van der Waals surface area contributed by atoms with Gasteiger partial charge in [-0.25, -0.2) is 9.97 Å². The van der Waals surface area contributed by atoms with E-state index in [1.807, 2.05) is 34.2 Å². The van der Waals surface area contributed by atoms with Gasteiger partial charge < -0.3 is 14.5 Å². The van der Waals surface area contributed by atoms with Crippen LogP contribution in [0.25, 0.3) is 0 Å². The molecule has 1 aromatic heterocycles. The Morgan fingerprint density at radius 3 is 2.86 bits per heavy atom. The molecular formula is C22H26N4O3. The third kappa shape index (κ3) is 4.09. The first-order valence-electron chi connectivity index (χ1n) is 10.1. The molecule has 152 valence electrons. The van der Waals surface area contributed by atoms with Crippen LogP contribution in [0.4, 0.5) is 0 Å². The summed E-state index contributed by atoms with van der Waals surface area (Å²) in [5.41, 5.74) is 2.69. The number of aromatic nitrogens is 2. The van der Waals surface area contributed by atoms with Crippen LogP contribution in [0.1, 0.15) is 53.1 Å². The average Bonchev–Trinajstić information content (AvgIpc) is 2.78. The molecule has 2 aromatic rings. The van der Waals surface area contributed by atoms with E-state index in [1.165, 1.54) is 0 Å². The summed E-state index contributed by atoms with van der Waals surface area (Å²) in [6.45, 7) is 4.23. The zero-order valence-corrected chi connectivity index (χ0v) is 16.9. The number of benzene rings is 1. The lowest BCUT2D eigenvalue weighted by molar-refractivity contribution is -0.129. The van der Waals surface area contributed by atoms with E-state index in [4.69, 9.17) is 9.72 Å². The number of likely N-dealkylation sites (tertiary alicyclic amines) is 1. The Bertz CT molecular complexity index is 930. The molecule has 4 rings (SSSR count). The first kappa shape index (κ1) is 19.4. The molecular weight excluding hydrogens is 368 g/mol. The number of hydrogen-bond donors (Lipinski definition) is 0. The van der Waals surface area contributed by atoms with Gasteiger partial charge in [-0.15, -0.1) is 0 Å². The summed E-state index contributed by atoms with van der Waals surface area (Å²) in [7, 11) is 1.60. The van der Waals surface area contributed by atoms with Crippen LogP contribution >= 0.6 is 0 Å². The number of methoxy groups -OCH3 is 1. The Morgan fingerprint density at radius 2 is 2.07 bits per heavy atom. The van der Waals surface area contributed by atoms with Crippen LogP contribution < -0.4 is 4.74 Å². The van der Waals surface area contributed by atoms with Crippen molar-refractivity contribution in [3.63, 3.8) is 0 Å². The van der Waals surface area contributed by atoms with E-state index in [0.717, 1.165) is 42.9 Å². The van der Waals surface area contributed by atoms with Gasteiger partial charge in [0.2, 0.25) is 5.91 Å².